The van der Waals surface area contributed by atoms with Crippen LogP contribution in [0.25, 0.3) is 22.1 Å². The van der Waals surface area contributed by atoms with Crippen LogP contribution in [0.1, 0.15) is 36.8 Å². The fourth-order valence-electron chi connectivity index (χ4n) is 4.09. The highest BCUT2D eigenvalue weighted by Gasteiger charge is 2.23. The summed E-state index contributed by atoms with van der Waals surface area (Å²) >= 11 is 2.94. The lowest BCUT2D eigenvalue weighted by Gasteiger charge is -2.12. The summed E-state index contributed by atoms with van der Waals surface area (Å²) in [6.07, 6.45) is 6.94. The van der Waals surface area contributed by atoms with Crippen LogP contribution >= 0.6 is 23.1 Å². The van der Waals surface area contributed by atoms with Crippen molar-refractivity contribution in [2.45, 2.75) is 56.0 Å². The predicted molar refractivity (Wildman–Crippen MR) is 130 cm³/mol. The molecule has 1 aliphatic carbocycles. The molecule has 3 aromatic heterocycles. The second-order valence-electron chi connectivity index (χ2n) is 7.78. The minimum Gasteiger partial charge on any atom is -0.320 e. The van der Waals surface area contributed by atoms with E-state index in [1.54, 1.807) is 11.3 Å². The standard InChI is InChI=1S/C23H24N6OS2/c1-3-13-29-16-11-7-5-9-14(16)19-20(29)25-23(28-27-19)31-17(4-2)21(30)26-22-24-15-10-6-8-12-18(15)32-22/h3,5,7,9,11,17H,1,4,6,8,10,12-13H2,2H3,(H,24,26,30). The molecule has 0 fully saturated rings. The quantitative estimate of drug-likeness (QED) is 0.306. The first-order chi connectivity index (χ1) is 15.7. The molecule has 9 heteroatoms. The molecule has 1 atom stereocenters. The normalized spacial score (nSPS) is 14.4. The van der Waals surface area contributed by atoms with Gasteiger partial charge in [0.05, 0.1) is 16.5 Å². The number of nitrogens with one attached hydrogen (secondary N) is 1. The van der Waals surface area contributed by atoms with Gasteiger partial charge in [0.15, 0.2) is 10.8 Å². The fraction of sp³-hybridized carbons (Fsp3) is 0.348. The minimum absolute atomic E-state index is 0.0704. The third-order valence-corrected chi connectivity index (χ3v) is 7.94. The van der Waals surface area contributed by atoms with Gasteiger partial charge in [-0.3, -0.25) is 4.79 Å². The molecule has 4 aromatic rings. The van der Waals surface area contributed by atoms with Crippen molar-refractivity contribution in [2.75, 3.05) is 5.32 Å². The molecule has 1 unspecified atom stereocenters. The Morgan fingerprint density at radius 2 is 2.12 bits per heavy atom. The van der Waals surface area contributed by atoms with Crippen molar-refractivity contribution in [1.29, 1.82) is 0 Å². The molecule has 7 nitrogen and oxygen atoms in total. The fourth-order valence-corrected chi connectivity index (χ4v) is 5.96. The number of para-hydroxylation sites is 1. The number of benzene rings is 1. The molecule has 0 aliphatic heterocycles. The summed E-state index contributed by atoms with van der Waals surface area (Å²) in [5.41, 5.74) is 3.71. The number of aryl methyl sites for hydroxylation is 2. The van der Waals surface area contributed by atoms with Gasteiger partial charge in [-0.2, -0.15) is 0 Å². The Kier molecular flexibility index (Phi) is 5.93. The summed E-state index contributed by atoms with van der Waals surface area (Å²) in [4.78, 5) is 23.7. The zero-order valence-corrected chi connectivity index (χ0v) is 19.5. The lowest BCUT2D eigenvalue weighted by Crippen LogP contribution is -2.24. The molecule has 0 radical (unpaired) electrons. The predicted octanol–water partition coefficient (Wildman–Crippen LogP) is 5.01. The Balaban J connectivity index is 1.40. The summed E-state index contributed by atoms with van der Waals surface area (Å²) < 4.78 is 2.08. The molecule has 32 heavy (non-hydrogen) atoms. The molecule has 0 spiro atoms. The number of hydrogen-bond donors (Lipinski definition) is 1. The average Bonchev–Trinajstić information content (AvgIpc) is 3.36. The van der Waals surface area contributed by atoms with E-state index in [0.717, 1.165) is 40.6 Å². The van der Waals surface area contributed by atoms with Gasteiger partial charge < -0.3 is 9.88 Å². The van der Waals surface area contributed by atoms with E-state index in [1.165, 1.54) is 29.5 Å². The topological polar surface area (TPSA) is 85.6 Å². The van der Waals surface area contributed by atoms with Crippen molar-refractivity contribution < 1.29 is 4.79 Å². The van der Waals surface area contributed by atoms with Gasteiger partial charge in [0.1, 0.15) is 5.52 Å². The molecule has 0 saturated carbocycles. The number of anilines is 1. The van der Waals surface area contributed by atoms with Gasteiger partial charge in [0.2, 0.25) is 11.1 Å². The van der Waals surface area contributed by atoms with Gasteiger partial charge in [-0.25, -0.2) is 9.97 Å². The maximum Gasteiger partial charge on any atom is 0.239 e. The van der Waals surface area contributed by atoms with Gasteiger partial charge in [0.25, 0.3) is 0 Å². The number of allylic oxidation sites excluding steroid dienone is 1. The maximum absolute atomic E-state index is 13.0. The number of fused-ring (bicyclic) bond motifs is 4. The van der Waals surface area contributed by atoms with Crippen LogP contribution in [0.3, 0.4) is 0 Å². The van der Waals surface area contributed by atoms with Crippen molar-refractivity contribution >= 4 is 56.2 Å². The van der Waals surface area contributed by atoms with E-state index in [2.05, 4.69) is 31.6 Å². The highest BCUT2D eigenvalue weighted by atomic mass is 32.2. The second kappa shape index (κ2) is 8.99. The molecular formula is C23H24N6OS2. The monoisotopic (exact) mass is 464 g/mol. The Hall–Kier alpha value is -2.78. The van der Waals surface area contributed by atoms with E-state index < -0.39 is 0 Å². The number of carbonyl (C=O) groups is 1. The Morgan fingerprint density at radius 3 is 2.94 bits per heavy atom. The first kappa shape index (κ1) is 21.1. The first-order valence-electron chi connectivity index (χ1n) is 10.9. The largest absolute Gasteiger partial charge is 0.320 e. The third-order valence-electron chi connectivity index (χ3n) is 5.65. The van der Waals surface area contributed by atoms with E-state index in [1.807, 2.05) is 37.3 Å². The van der Waals surface area contributed by atoms with Crippen LogP contribution in [0, 0.1) is 0 Å². The Bertz CT molecular complexity index is 1290. The van der Waals surface area contributed by atoms with Crippen LogP contribution in [0.15, 0.2) is 42.1 Å². The SMILES string of the molecule is C=CCn1c2ccccc2c2nnc(SC(CC)C(=O)Nc3nc4c(s3)CCCC4)nc21. The number of hydrogen-bond acceptors (Lipinski definition) is 7. The van der Waals surface area contributed by atoms with E-state index in [0.29, 0.717) is 23.3 Å². The van der Waals surface area contributed by atoms with Gasteiger partial charge in [-0.05, 0) is 38.2 Å². The summed E-state index contributed by atoms with van der Waals surface area (Å²) in [5.74, 6) is -0.0704. The molecule has 1 aliphatic rings. The summed E-state index contributed by atoms with van der Waals surface area (Å²) in [6.45, 7) is 6.49. The number of thioether (sulfide) groups is 1. The Labute approximate surface area is 194 Å². The Morgan fingerprint density at radius 1 is 1.28 bits per heavy atom. The van der Waals surface area contributed by atoms with Gasteiger partial charge in [-0.15, -0.1) is 28.1 Å². The van der Waals surface area contributed by atoms with Crippen LogP contribution in [-0.2, 0) is 24.2 Å². The van der Waals surface area contributed by atoms with Crippen LogP contribution in [0.4, 0.5) is 5.13 Å². The van der Waals surface area contributed by atoms with Crippen LogP contribution in [0.2, 0.25) is 0 Å². The minimum atomic E-state index is -0.326. The molecule has 0 saturated heterocycles. The van der Waals surface area contributed by atoms with Crippen molar-refractivity contribution in [2.24, 2.45) is 0 Å². The number of nitrogens with zero attached hydrogens (tertiary/aromatic N) is 5. The lowest BCUT2D eigenvalue weighted by atomic mass is 10.0. The summed E-state index contributed by atoms with van der Waals surface area (Å²) in [5, 5.41) is 13.7. The van der Waals surface area contributed by atoms with Crippen molar-refractivity contribution in [3.05, 3.63) is 47.5 Å². The average molecular weight is 465 g/mol. The van der Waals surface area contributed by atoms with Crippen molar-refractivity contribution in [1.82, 2.24) is 24.7 Å². The highest BCUT2D eigenvalue weighted by molar-refractivity contribution is 8.00. The number of amides is 1. The van der Waals surface area contributed by atoms with Crippen LogP contribution in [-0.4, -0.2) is 35.9 Å². The second-order valence-corrected chi connectivity index (χ2v) is 10.0. The van der Waals surface area contributed by atoms with E-state index in [9.17, 15) is 4.79 Å². The zero-order chi connectivity index (χ0) is 22.1. The molecule has 1 amide bonds. The summed E-state index contributed by atoms with van der Waals surface area (Å²) in [6, 6.07) is 8.05. The smallest absolute Gasteiger partial charge is 0.239 e. The lowest BCUT2D eigenvalue weighted by molar-refractivity contribution is -0.115. The molecule has 3 heterocycles. The first-order valence-corrected chi connectivity index (χ1v) is 12.6. The molecule has 5 rings (SSSR count). The van der Waals surface area contributed by atoms with E-state index in [-0.39, 0.29) is 11.2 Å². The summed E-state index contributed by atoms with van der Waals surface area (Å²) in [7, 11) is 0. The van der Waals surface area contributed by atoms with Gasteiger partial charge >= 0.3 is 0 Å². The number of aromatic nitrogens is 5. The van der Waals surface area contributed by atoms with Gasteiger partial charge in [0, 0.05) is 16.8 Å². The number of rotatable bonds is 7. The van der Waals surface area contributed by atoms with Crippen molar-refractivity contribution in [3.63, 3.8) is 0 Å². The molecule has 1 N–H and O–H groups in total. The van der Waals surface area contributed by atoms with E-state index >= 15 is 0 Å². The van der Waals surface area contributed by atoms with Crippen LogP contribution in [0.5, 0.6) is 0 Å². The number of thiazole rings is 1. The van der Waals surface area contributed by atoms with Gasteiger partial charge in [-0.1, -0.05) is 43.0 Å². The molecule has 0 bridgehead atoms. The third kappa shape index (κ3) is 3.91. The van der Waals surface area contributed by atoms with Crippen molar-refractivity contribution in [3.8, 4) is 0 Å². The zero-order valence-electron chi connectivity index (χ0n) is 17.9. The van der Waals surface area contributed by atoms with E-state index in [4.69, 9.17) is 4.98 Å². The molecule has 164 valence electrons. The van der Waals surface area contributed by atoms with Crippen LogP contribution < -0.4 is 5.32 Å². The molecule has 1 aromatic carbocycles. The molecular weight excluding hydrogens is 440 g/mol. The number of carbonyl (C=O) groups excluding carboxylic acids is 1. The highest BCUT2D eigenvalue weighted by Crippen LogP contribution is 2.32. The maximum atomic E-state index is 13.0.